The van der Waals surface area contributed by atoms with E-state index in [9.17, 15) is 0 Å². The van der Waals surface area contributed by atoms with Crippen LogP contribution in [-0.2, 0) is 0 Å². The topological polar surface area (TPSA) is 35.5 Å². The number of unbranched alkanes of at least 4 members (excludes halogenated alkanes) is 2. The van der Waals surface area contributed by atoms with Crippen molar-refractivity contribution in [2.45, 2.75) is 45.1 Å². The van der Waals surface area contributed by atoms with Gasteiger partial charge in [-0.2, -0.15) is 0 Å². The van der Waals surface area contributed by atoms with Crippen molar-refractivity contribution in [2.75, 3.05) is 33.3 Å². The maximum absolute atomic E-state index is 8.73. The van der Waals surface area contributed by atoms with Gasteiger partial charge in [-0.1, -0.05) is 13.3 Å². The van der Waals surface area contributed by atoms with Crippen LogP contribution < -0.4 is 5.32 Å². The summed E-state index contributed by atoms with van der Waals surface area (Å²) in [6, 6.07) is 0.721. The standard InChI is InChI=1S/C13H28N2O/c1-3-12-11-15(8-5-4-6-10-16)9-7-13(12)14-2/h12-14,16H,3-11H2,1-2H3. The van der Waals surface area contributed by atoms with Crippen LogP contribution in [-0.4, -0.2) is 49.3 Å². The Bertz CT molecular complexity index is 175. The Morgan fingerprint density at radius 3 is 2.75 bits per heavy atom. The number of aliphatic hydroxyl groups is 1. The molecule has 1 aliphatic heterocycles. The van der Waals surface area contributed by atoms with Gasteiger partial charge in [-0.3, -0.25) is 0 Å². The Morgan fingerprint density at radius 2 is 2.12 bits per heavy atom. The molecule has 2 N–H and O–H groups in total. The predicted molar refractivity (Wildman–Crippen MR) is 68.6 cm³/mol. The fraction of sp³-hybridized carbons (Fsp3) is 1.00. The second-order valence-electron chi connectivity index (χ2n) is 4.94. The van der Waals surface area contributed by atoms with Crippen LogP contribution in [0.3, 0.4) is 0 Å². The molecule has 1 saturated heterocycles. The fourth-order valence-corrected chi connectivity index (χ4v) is 2.73. The zero-order valence-corrected chi connectivity index (χ0v) is 10.9. The Hall–Kier alpha value is -0.120. The molecule has 0 saturated carbocycles. The van der Waals surface area contributed by atoms with E-state index in [0.717, 1.165) is 18.4 Å². The molecule has 0 amide bonds. The largest absolute Gasteiger partial charge is 0.396 e. The van der Waals surface area contributed by atoms with E-state index in [1.54, 1.807) is 0 Å². The van der Waals surface area contributed by atoms with E-state index in [4.69, 9.17) is 5.11 Å². The third kappa shape index (κ3) is 4.40. The van der Waals surface area contributed by atoms with Crippen LogP contribution in [0.25, 0.3) is 0 Å². The summed E-state index contributed by atoms with van der Waals surface area (Å²) in [5, 5.41) is 12.2. The van der Waals surface area contributed by atoms with Crippen LogP contribution in [0.15, 0.2) is 0 Å². The lowest BCUT2D eigenvalue weighted by Crippen LogP contribution is -2.48. The molecule has 0 aromatic heterocycles. The summed E-state index contributed by atoms with van der Waals surface area (Å²) in [6.45, 7) is 6.35. The summed E-state index contributed by atoms with van der Waals surface area (Å²) < 4.78 is 0. The van der Waals surface area contributed by atoms with Gasteiger partial charge in [0, 0.05) is 19.2 Å². The zero-order chi connectivity index (χ0) is 11.8. The molecule has 0 spiro atoms. The van der Waals surface area contributed by atoms with Crippen molar-refractivity contribution >= 4 is 0 Å². The summed E-state index contributed by atoms with van der Waals surface area (Å²) in [7, 11) is 2.09. The highest BCUT2D eigenvalue weighted by Gasteiger charge is 2.26. The molecule has 3 nitrogen and oxygen atoms in total. The minimum atomic E-state index is 0.347. The van der Waals surface area contributed by atoms with Crippen LogP contribution in [0.2, 0.25) is 0 Å². The molecular weight excluding hydrogens is 200 g/mol. The zero-order valence-electron chi connectivity index (χ0n) is 10.9. The molecule has 1 heterocycles. The van der Waals surface area contributed by atoms with Crippen molar-refractivity contribution in [2.24, 2.45) is 5.92 Å². The Labute approximate surface area is 100 Å². The number of aliphatic hydroxyl groups excluding tert-OH is 1. The van der Waals surface area contributed by atoms with Gasteiger partial charge >= 0.3 is 0 Å². The van der Waals surface area contributed by atoms with Crippen LogP contribution >= 0.6 is 0 Å². The fourth-order valence-electron chi connectivity index (χ4n) is 2.73. The first-order valence-corrected chi connectivity index (χ1v) is 6.82. The molecule has 0 aliphatic carbocycles. The highest BCUT2D eigenvalue weighted by molar-refractivity contribution is 4.83. The van der Waals surface area contributed by atoms with Crippen molar-refractivity contribution < 1.29 is 5.11 Å². The van der Waals surface area contributed by atoms with Crippen LogP contribution in [0, 0.1) is 5.92 Å². The molecule has 0 aromatic carbocycles. The van der Waals surface area contributed by atoms with E-state index in [-0.39, 0.29) is 0 Å². The highest BCUT2D eigenvalue weighted by atomic mass is 16.2. The van der Waals surface area contributed by atoms with Crippen molar-refractivity contribution in [3.05, 3.63) is 0 Å². The predicted octanol–water partition coefficient (Wildman–Crippen LogP) is 1.47. The molecule has 1 aliphatic rings. The number of rotatable bonds is 7. The summed E-state index contributed by atoms with van der Waals surface area (Å²) >= 11 is 0. The average molecular weight is 228 g/mol. The molecular formula is C13H28N2O. The lowest BCUT2D eigenvalue weighted by molar-refractivity contribution is 0.136. The maximum atomic E-state index is 8.73. The molecule has 16 heavy (non-hydrogen) atoms. The summed E-state index contributed by atoms with van der Waals surface area (Å²) in [5.41, 5.74) is 0. The first-order valence-electron chi connectivity index (χ1n) is 6.82. The van der Waals surface area contributed by atoms with Gasteiger partial charge in [0.25, 0.3) is 0 Å². The number of piperidine rings is 1. The Morgan fingerprint density at radius 1 is 1.31 bits per heavy atom. The third-order valence-corrected chi connectivity index (χ3v) is 3.85. The van der Waals surface area contributed by atoms with Gasteiger partial charge in [0.15, 0.2) is 0 Å². The van der Waals surface area contributed by atoms with Gasteiger partial charge in [0.2, 0.25) is 0 Å². The molecule has 0 bridgehead atoms. The normalized spacial score (nSPS) is 27.2. The van der Waals surface area contributed by atoms with Gasteiger partial charge in [0.05, 0.1) is 0 Å². The van der Waals surface area contributed by atoms with Gasteiger partial charge in [-0.25, -0.2) is 0 Å². The van der Waals surface area contributed by atoms with E-state index in [1.165, 1.54) is 45.3 Å². The third-order valence-electron chi connectivity index (χ3n) is 3.85. The molecule has 0 radical (unpaired) electrons. The Kier molecular flexibility index (Phi) is 7.01. The maximum Gasteiger partial charge on any atom is 0.0431 e. The number of hydrogen-bond acceptors (Lipinski definition) is 3. The van der Waals surface area contributed by atoms with Crippen molar-refractivity contribution in [3.63, 3.8) is 0 Å². The van der Waals surface area contributed by atoms with Gasteiger partial charge in [-0.05, 0) is 51.7 Å². The van der Waals surface area contributed by atoms with E-state index in [0.29, 0.717) is 6.61 Å². The molecule has 96 valence electrons. The smallest absolute Gasteiger partial charge is 0.0431 e. The molecule has 2 atom stereocenters. The van der Waals surface area contributed by atoms with Gasteiger partial charge in [0.1, 0.15) is 0 Å². The molecule has 1 fully saturated rings. The second kappa shape index (κ2) is 8.04. The minimum Gasteiger partial charge on any atom is -0.396 e. The van der Waals surface area contributed by atoms with Crippen LogP contribution in [0.5, 0.6) is 0 Å². The lowest BCUT2D eigenvalue weighted by atomic mass is 9.90. The monoisotopic (exact) mass is 228 g/mol. The Balaban J connectivity index is 2.20. The SMILES string of the molecule is CCC1CN(CCCCCO)CCC1NC. The highest BCUT2D eigenvalue weighted by Crippen LogP contribution is 2.20. The van der Waals surface area contributed by atoms with Crippen LogP contribution in [0.4, 0.5) is 0 Å². The van der Waals surface area contributed by atoms with Gasteiger partial charge in [-0.15, -0.1) is 0 Å². The second-order valence-corrected chi connectivity index (χ2v) is 4.94. The van der Waals surface area contributed by atoms with E-state index < -0.39 is 0 Å². The average Bonchev–Trinajstić information content (AvgIpc) is 2.34. The molecule has 3 heteroatoms. The number of hydrogen-bond donors (Lipinski definition) is 2. The summed E-state index contributed by atoms with van der Waals surface area (Å²) in [5.74, 6) is 0.816. The lowest BCUT2D eigenvalue weighted by Gasteiger charge is -2.38. The van der Waals surface area contributed by atoms with Gasteiger partial charge < -0.3 is 15.3 Å². The summed E-state index contributed by atoms with van der Waals surface area (Å²) in [6.07, 6.45) is 5.93. The van der Waals surface area contributed by atoms with E-state index in [1.807, 2.05) is 0 Å². The number of nitrogens with one attached hydrogen (secondary N) is 1. The molecule has 2 unspecified atom stereocenters. The van der Waals surface area contributed by atoms with E-state index in [2.05, 4.69) is 24.2 Å². The molecule has 1 rings (SSSR count). The van der Waals surface area contributed by atoms with Crippen molar-refractivity contribution in [3.8, 4) is 0 Å². The first-order chi connectivity index (χ1) is 7.81. The molecule has 0 aromatic rings. The quantitative estimate of drug-likeness (QED) is 0.648. The van der Waals surface area contributed by atoms with Crippen LogP contribution in [0.1, 0.15) is 39.0 Å². The first kappa shape index (κ1) is 13.9. The van der Waals surface area contributed by atoms with E-state index >= 15 is 0 Å². The number of likely N-dealkylation sites (tertiary alicyclic amines) is 1. The van der Waals surface area contributed by atoms with Crippen molar-refractivity contribution in [1.29, 1.82) is 0 Å². The number of nitrogens with zero attached hydrogens (tertiary/aromatic N) is 1. The minimum absolute atomic E-state index is 0.347. The summed E-state index contributed by atoms with van der Waals surface area (Å²) in [4.78, 5) is 2.60. The van der Waals surface area contributed by atoms with Crippen molar-refractivity contribution in [1.82, 2.24) is 10.2 Å².